The monoisotopic (exact) mass is 417 g/mol. The minimum absolute atomic E-state index is 0.283. The van der Waals surface area contributed by atoms with Crippen LogP contribution in [-0.4, -0.2) is 23.2 Å². The van der Waals surface area contributed by atoms with Gasteiger partial charge < -0.3 is 10.1 Å². The number of aromatic amines is 1. The molecular weight excluding hydrogens is 397 g/mol. The van der Waals surface area contributed by atoms with Crippen molar-refractivity contribution in [1.29, 1.82) is 0 Å². The van der Waals surface area contributed by atoms with Crippen LogP contribution < -0.4 is 10.1 Å². The predicted molar refractivity (Wildman–Crippen MR) is 114 cm³/mol. The Morgan fingerprint density at radius 1 is 1.18 bits per heavy atom. The number of carbonyl (C=O) groups excluding carboxylic acids is 1. The van der Waals surface area contributed by atoms with Crippen LogP contribution in [0.4, 0.5) is 5.69 Å². The Morgan fingerprint density at radius 2 is 1.96 bits per heavy atom. The maximum absolute atomic E-state index is 12.8. The largest absolute Gasteiger partial charge is 0.497 e. The van der Waals surface area contributed by atoms with Crippen molar-refractivity contribution in [2.75, 3.05) is 12.4 Å². The van der Waals surface area contributed by atoms with Crippen molar-refractivity contribution in [1.82, 2.24) is 10.2 Å². The number of methoxy groups -OCH3 is 1. The summed E-state index contributed by atoms with van der Waals surface area (Å²) >= 11 is 12.0. The van der Waals surface area contributed by atoms with Crippen LogP contribution in [0.1, 0.15) is 29.9 Å². The molecule has 1 amide bonds. The van der Waals surface area contributed by atoms with E-state index in [-0.39, 0.29) is 5.91 Å². The van der Waals surface area contributed by atoms with Crippen molar-refractivity contribution >= 4 is 34.8 Å². The summed E-state index contributed by atoms with van der Waals surface area (Å²) in [4.78, 5) is 12.8. The smallest absolute Gasteiger partial charge is 0.255 e. The number of aromatic nitrogens is 2. The lowest BCUT2D eigenvalue weighted by molar-refractivity contribution is 0.102. The Kier molecular flexibility index (Phi) is 6.27. The zero-order valence-electron chi connectivity index (χ0n) is 15.8. The van der Waals surface area contributed by atoms with Gasteiger partial charge in [0.1, 0.15) is 11.4 Å². The maximum atomic E-state index is 12.8. The first-order valence-electron chi connectivity index (χ1n) is 8.87. The Balaban J connectivity index is 2.00. The molecule has 0 aliphatic rings. The lowest BCUT2D eigenvalue weighted by Crippen LogP contribution is -2.14. The number of nitrogens with one attached hydrogen (secondary N) is 2. The quantitative estimate of drug-likeness (QED) is 0.528. The van der Waals surface area contributed by atoms with Crippen molar-refractivity contribution in [2.45, 2.75) is 20.3 Å². The van der Waals surface area contributed by atoms with Crippen LogP contribution in [0.2, 0.25) is 10.0 Å². The van der Waals surface area contributed by atoms with Gasteiger partial charge in [-0.05, 0) is 42.7 Å². The summed E-state index contributed by atoms with van der Waals surface area (Å²) in [5, 5.41) is 11.2. The summed E-state index contributed by atoms with van der Waals surface area (Å²) < 4.78 is 5.31. The molecule has 146 valence electrons. The molecule has 0 aliphatic heterocycles. The third-order valence-electron chi connectivity index (χ3n) is 4.22. The fourth-order valence-electron chi connectivity index (χ4n) is 2.87. The molecule has 0 saturated carbocycles. The molecule has 0 saturated heterocycles. The average molecular weight is 418 g/mol. The Hall–Kier alpha value is -2.50. The highest BCUT2D eigenvalue weighted by atomic mass is 35.5. The molecule has 3 aromatic rings. The topological polar surface area (TPSA) is 67.0 Å². The van der Waals surface area contributed by atoms with Crippen molar-refractivity contribution in [3.8, 4) is 17.0 Å². The van der Waals surface area contributed by atoms with E-state index in [0.717, 1.165) is 17.7 Å². The van der Waals surface area contributed by atoms with Gasteiger partial charge in [0.25, 0.3) is 5.91 Å². The Bertz CT molecular complexity index is 999. The lowest BCUT2D eigenvalue weighted by Gasteiger charge is -2.11. The number of carbonyl (C=O) groups is 1. The zero-order chi connectivity index (χ0) is 20.3. The van der Waals surface area contributed by atoms with E-state index in [9.17, 15) is 4.79 Å². The fourth-order valence-corrected chi connectivity index (χ4v) is 3.17. The van der Waals surface area contributed by atoms with Gasteiger partial charge in [0.15, 0.2) is 0 Å². The molecule has 0 spiro atoms. The number of ether oxygens (including phenoxy) is 1. The first kappa shape index (κ1) is 20.2. The van der Waals surface area contributed by atoms with E-state index in [1.54, 1.807) is 25.3 Å². The summed E-state index contributed by atoms with van der Waals surface area (Å²) in [7, 11) is 1.61. The molecule has 3 rings (SSSR count). The molecule has 0 atom stereocenters. The van der Waals surface area contributed by atoms with Gasteiger partial charge in [0, 0.05) is 11.1 Å². The number of hydrogen-bond acceptors (Lipinski definition) is 3. The van der Waals surface area contributed by atoms with Crippen LogP contribution in [0.5, 0.6) is 5.75 Å². The summed E-state index contributed by atoms with van der Waals surface area (Å²) in [5.41, 5.74) is 3.43. The first-order chi connectivity index (χ1) is 13.4. The van der Waals surface area contributed by atoms with E-state index in [4.69, 9.17) is 27.9 Å². The Morgan fingerprint density at radius 3 is 2.64 bits per heavy atom. The van der Waals surface area contributed by atoms with Gasteiger partial charge in [-0.3, -0.25) is 9.89 Å². The fraction of sp³-hybridized carbons (Fsp3) is 0.238. The van der Waals surface area contributed by atoms with Gasteiger partial charge >= 0.3 is 0 Å². The SMILES string of the molecule is COc1cccc(-c2n[nH]c(CC(C)C)c2NC(=O)c2ccc(Cl)c(Cl)c2)c1. The van der Waals surface area contributed by atoms with Gasteiger partial charge in [-0.2, -0.15) is 5.10 Å². The number of H-pyrrole nitrogens is 1. The third kappa shape index (κ3) is 4.49. The van der Waals surface area contributed by atoms with E-state index in [1.165, 1.54) is 0 Å². The van der Waals surface area contributed by atoms with Crippen molar-refractivity contribution in [3.05, 3.63) is 63.8 Å². The number of anilines is 1. The van der Waals surface area contributed by atoms with E-state index in [0.29, 0.717) is 38.7 Å². The molecule has 28 heavy (non-hydrogen) atoms. The van der Waals surface area contributed by atoms with E-state index < -0.39 is 0 Å². The van der Waals surface area contributed by atoms with Crippen LogP contribution >= 0.6 is 23.2 Å². The second-order valence-corrected chi connectivity index (χ2v) is 7.65. The van der Waals surface area contributed by atoms with Crippen LogP contribution in [0, 0.1) is 5.92 Å². The third-order valence-corrected chi connectivity index (χ3v) is 4.96. The molecule has 0 unspecified atom stereocenters. The van der Waals surface area contributed by atoms with Crippen molar-refractivity contribution < 1.29 is 9.53 Å². The standard InChI is InChI=1S/C21H21Cl2N3O2/c1-12(2)9-18-20(24-21(27)14-7-8-16(22)17(23)11-14)19(26-25-18)13-5-4-6-15(10-13)28-3/h4-8,10-12H,9H2,1-3H3,(H,24,27)(H,25,26). The molecule has 0 radical (unpaired) electrons. The van der Waals surface area contributed by atoms with Gasteiger partial charge in [-0.15, -0.1) is 0 Å². The Labute approximate surface area is 174 Å². The van der Waals surface area contributed by atoms with E-state index in [1.807, 2.05) is 24.3 Å². The van der Waals surface area contributed by atoms with Gasteiger partial charge in [0.05, 0.1) is 28.5 Å². The highest BCUT2D eigenvalue weighted by Crippen LogP contribution is 2.33. The number of nitrogens with zero attached hydrogens (tertiary/aromatic N) is 1. The van der Waals surface area contributed by atoms with E-state index >= 15 is 0 Å². The maximum Gasteiger partial charge on any atom is 0.255 e. The number of halogens is 2. The molecule has 0 aliphatic carbocycles. The number of hydrogen-bond donors (Lipinski definition) is 2. The lowest BCUT2D eigenvalue weighted by atomic mass is 10.0. The summed E-state index contributed by atoms with van der Waals surface area (Å²) in [6, 6.07) is 12.3. The molecule has 1 aromatic heterocycles. The van der Waals surface area contributed by atoms with Crippen LogP contribution in [0.3, 0.4) is 0 Å². The zero-order valence-corrected chi connectivity index (χ0v) is 17.4. The second kappa shape index (κ2) is 8.67. The van der Waals surface area contributed by atoms with Crippen LogP contribution in [-0.2, 0) is 6.42 Å². The molecule has 2 N–H and O–H groups in total. The molecule has 2 aromatic carbocycles. The van der Waals surface area contributed by atoms with E-state index in [2.05, 4.69) is 29.4 Å². The molecule has 0 fully saturated rings. The molecular formula is C21H21Cl2N3O2. The molecule has 1 heterocycles. The summed E-state index contributed by atoms with van der Waals surface area (Å²) in [6.45, 7) is 4.22. The number of rotatable bonds is 6. The minimum atomic E-state index is -0.283. The number of benzene rings is 2. The molecule has 5 nitrogen and oxygen atoms in total. The average Bonchev–Trinajstić information content (AvgIpc) is 3.05. The molecule has 7 heteroatoms. The van der Waals surface area contributed by atoms with Crippen LogP contribution in [0.15, 0.2) is 42.5 Å². The van der Waals surface area contributed by atoms with Gasteiger partial charge in [0.2, 0.25) is 0 Å². The van der Waals surface area contributed by atoms with Crippen LogP contribution in [0.25, 0.3) is 11.3 Å². The van der Waals surface area contributed by atoms with Crippen molar-refractivity contribution in [2.24, 2.45) is 5.92 Å². The van der Waals surface area contributed by atoms with Gasteiger partial charge in [-0.25, -0.2) is 0 Å². The second-order valence-electron chi connectivity index (χ2n) is 6.84. The highest BCUT2D eigenvalue weighted by Gasteiger charge is 2.19. The minimum Gasteiger partial charge on any atom is -0.497 e. The van der Waals surface area contributed by atoms with Gasteiger partial charge in [-0.1, -0.05) is 49.2 Å². The summed E-state index contributed by atoms with van der Waals surface area (Å²) in [6.07, 6.45) is 0.744. The summed E-state index contributed by atoms with van der Waals surface area (Å²) in [5.74, 6) is 0.820. The predicted octanol–water partition coefficient (Wildman–Crippen LogP) is 5.84. The molecule has 0 bridgehead atoms. The normalized spacial score (nSPS) is 10.9. The number of amides is 1. The first-order valence-corrected chi connectivity index (χ1v) is 9.62. The van der Waals surface area contributed by atoms with Crippen molar-refractivity contribution in [3.63, 3.8) is 0 Å². The highest BCUT2D eigenvalue weighted by molar-refractivity contribution is 6.42.